The Bertz CT molecular complexity index is 426. The summed E-state index contributed by atoms with van der Waals surface area (Å²) in [5, 5.41) is 11.6. The van der Waals surface area contributed by atoms with Gasteiger partial charge in [-0.3, -0.25) is 4.79 Å². The molecular weight excluding hydrogens is 358 g/mol. The van der Waals surface area contributed by atoms with Crippen molar-refractivity contribution in [3.8, 4) is 0 Å². The van der Waals surface area contributed by atoms with E-state index in [1.165, 1.54) is 0 Å². The molecule has 0 rings (SSSR count). The van der Waals surface area contributed by atoms with Gasteiger partial charge < -0.3 is 15.2 Å². The molecule has 0 aromatic rings. The molecule has 0 spiro atoms. The first-order valence-electron chi connectivity index (χ1n) is 7.64. The number of carbonyl (C=O) groups is 1. The number of rotatable bonds is 15. The molecule has 0 aliphatic rings. The molecule has 23 heavy (non-hydrogen) atoms. The van der Waals surface area contributed by atoms with Crippen molar-refractivity contribution in [2.45, 2.75) is 32.3 Å². The summed E-state index contributed by atoms with van der Waals surface area (Å²) in [6, 6.07) is 0. The van der Waals surface area contributed by atoms with Crippen LogP contribution in [0.25, 0.3) is 0 Å². The summed E-state index contributed by atoms with van der Waals surface area (Å²) in [7, 11) is -3.07. The Labute approximate surface area is 149 Å². The number of aliphatic carboxylic acids is 1. The molecule has 0 aliphatic heterocycles. The van der Waals surface area contributed by atoms with Crippen LogP contribution in [0.5, 0.6) is 0 Å². The molecule has 0 aromatic carbocycles. The second-order valence-corrected chi connectivity index (χ2v) is 9.72. The number of hydrogen-bond acceptors (Lipinski definition) is 7. The van der Waals surface area contributed by atoms with Crippen LogP contribution in [-0.2, 0) is 19.4 Å². The van der Waals surface area contributed by atoms with Crippen molar-refractivity contribution >= 4 is 40.2 Å². The normalized spacial score (nSPS) is 12.5. The Kier molecular flexibility index (Phi) is 12.4. The lowest BCUT2D eigenvalue weighted by molar-refractivity contribution is -0.136. The summed E-state index contributed by atoms with van der Waals surface area (Å²) >= 11 is 5.67. The quantitative estimate of drug-likeness (QED) is 0.288. The number of nitrogens with one attached hydrogen (secondary N) is 1. The summed E-state index contributed by atoms with van der Waals surface area (Å²) in [5.41, 5.74) is -0.438. The highest BCUT2D eigenvalue weighted by Gasteiger charge is 2.19. The fraction of sp³-hybridized carbons (Fsp3) is 0.929. The number of ether oxygens (including phenoxy) is 1. The molecule has 0 aliphatic carbocycles. The molecule has 9 heteroatoms. The summed E-state index contributed by atoms with van der Waals surface area (Å²) in [6.45, 7) is 5.04. The molecule has 0 bridgehead atoms. The average molecular weight is 388 g/mol. The number of carboxylic acid groups (broad SMARTS) is 1. The molecular formula is C14H29NO5S3. The molecule has 0 fully saturated rings. The van der Waals surface area contributed by atoms with Crippen LogP contribution < -0.4 is 5.32 Å². The molecule has 0 unspecified atom stereocenters. The lowest BCUT2D eigenvalue weighted by Crippen LogP contribution is -2.32. The molecule has 0 saturated heterocycles. The monoisotopic (exact) mass is 387 g/mol. The van der Waals surface area contributed by atoms with Crippen molar-refractivity contribution in [2.75, 3.05) is 48.5 Å². The van der Waals surface area contributed by atoms with Crippen LogP contribution in [-0.4, -0.2) is 73.6 Å². The smallest absolute Gasteiger partial charge is 0.304 e. The zero-order valence-electron chi connectivity index (χ0n) is 13.9. The van der Waals surface area contributed by atoms with Gasteiger partial charge in [0.2, 0.25) is 0 Å². The highest BCUT2D eigenvalue weighted by atomic mass is 32.2. The maximum atomic E-state index is 11.9. The lowest BCUT2D eigenvalue weighted by Gasteiger charge is -2.25. The molecule has 0 saturated carbocycles. The highest BCUT2D eigenvalue weighted by Crippen LogP contribution is 2.14. The highest BCUT2D eigenvalue weighted by molar-refractivity contribution is 8.01. The van der Waals surface area contributed by atoms with Crippen LogP contribution in [0.15, 0.2) is 0 Å². The minimum Gasteiger partial charge on any atom is -0.481 e. The van der Waals surface area contributed by atoms with Crippen LogP contribution in [0.2, 0.25) is 0 Å². The van der Waals surface area contributed by atoms with Crippen molar-refractivity contribution in [1.82, 2.24) is 5.32 Å². The van der Waals surface area contributed by atoms with E-state index in [4.69, 9.17) is 9.84 Å². The van der Waals surface area contributed by atoms with Gasteiger partial charge in [-0.15, -0.1) is 0 Å². The fourth-order valence-electron chi connectivity index (χ4n) is 1.68. The van der Waals surface area contributed by atoms with Crippen LogP contribution >= 0.6 is 24.4 Å². The average Bonchev–Trinajstić information content (AvgIpc) is 2.42. The van der Waals surface area contributed by atoms with Crippen molar-refractivity contribution < 1.29 is 23.1 Å². The minimum absolute atomic E-state index is 0.0321. The molecule has 6 nitrogen and oxygen atoms in total. The lowest BCUT2D eigenvalue weighted by atomic mass is 10.1. The van der Waals surface area contributed by atoms with Gasteiger partial charge in [0.25, 0.3) is 0 Å². The zero-order chi connectivity index (χ0) is 17.8. The van der Waals surface area contributed by atoms with Gasteiger partial charge in [0.1, 0.15) is 0 Å². The predicted molar refractivity (Wildman–Crippen MR) is 99.6 cm³/mol. The van der Waals surface area contributed by atoms with Gasteiger partial charge in [0.15, 0.2) is 9.84 Å². The number of carboxylic acids is 1. The van der Waals surface area contributed by atoms with Crippen LogP contribution in [0.3, 0.4) is 0 Å². The standard InChI is InChI=1S/C14H29NO5S3/c1-14(2,4-6-15-5-3-13(16)17)20-7-11-23(18,19)12-10-22-9-8-21/h15,21H,3-12H2,1-2H3,(H,16,17). The number of hydrogen-bond donors (Lipinski definition) is 3. The van der Waals surface area contributed by atoms with E-state index in [-0.39, 0.29) is 24.5 Å². The van der Waals surface area contributed by atoms with E-state index in [9.17, 15) is 13.2 Å². The zero-order valence-corrected chi connectivity index (χ0v) is 16.4. The van der Waals surface area contributed by atoms with Crippen molar-refractivity contribution in [3.05, 3.63) is 0 Å². The minimum atomic E-state index is -3.07. The maximum absolute atomic E-state index is 11.9. The Balaban J connectivity index is 3.84. The van der Waals surface area contributed by atoms with Crippen molar-refractivity contribution in [3.63, 3.8) is 0 Å². The summed E-state index contributed by atoms with van der Waals surface area (Å²) in [4.78, 5) is 10.4. The topological polar surface area (TPSA) is 92.7 Å². The molecule has 0 aromatic heterocycles. The van der Waals surface area contributed by atoms with E-state index in [0.29, 0.717) is 25.3 Å². The maximum Gasteiger partial charge on any atom is 0.304 e. The van der Waals surface area contributed by atoms with E-state index in [1.54, 1.807) is 11.8 Å². The first-order valence-corrected chi connectivity index (χ1v) is 11.2. The molecule has 0 radical (unpaired) electrons. The summed E-state index contributed by atoms with van der Waals surface area (Å²) < 4.78 is 29.4. The van der Waals surface area contributed by atoms with E-state index in [1.807, 2.05) is 13.8 Å². The van der Waals surface area contributed by atoms with Gasteiger partial charge in [-0.1, -0.05) is 0 Å². The largest absolute Gasteiger partial charge is 0.481 e. The molecule has 0 heterocycles. The van der Waals surface area contributed by atoms with Gasteiger partial charge in [-0.2, -0.15) is 24.4 Å². The fourth-order valence-corrected chi connectivity index (χ4v) is 4.43. The Morgan fingerprint density at radius 2 is 1.96 bits per heavy atom. The van der Waals surface area contributed by atoms with Crippen LogP contribution in [0.4, 0.5) is 0 Å². The van der Waals surface area contributed by atoms with Crippen molar-refractivity contribution in [2.24, 2.45) is 0 Å². The van der Waals surface area contributed by atoms with Gasteiger partial charge in [-0.05, 0) is 32.6 Å². The first-order chi connectivity index (χ1) is 10.7. The third-order valence-electron chi connectivity index (χ3n) is 3.08. The van der Waals surface area contributed by atoms with Gasteiger partial charge in [0.05, 0.1) is 30.1 Å². The molecule has 0 atom stereocenters. The van der Waals surface area contributed by atoms with Crippen molar-refractivity contribution in [1.29, 1.82) is 0 Å². The van der Waals surface area contributed by atoms with Crippen LogP contribution in [0, 0.1) is 0 Å². The summed E-state index contributed by atoms with van der Waals surface area (Å²) in [5.74, 6) is 1.58. The second kappa shape index (κ2) is 12.4. The van der Waals surface area contributed by atoms with E-state index >= 15 is 0 Å². The summed E-state index contributed by atoms with van der Waals surface area (Å²) in [6.07, 6.45) is 0.773. The molecule has 138 valence electrons. The van der Waals surface area contributed by atoms with Gasteiger partial charge in [0, 0.05) is 18.1 Å². The molecule has 2 N–H and O–H groups in total. The van der Waals surface area contributed by atoms with Gasteiger partial charge in [-0.25, -0.2) is 8.42 Å². The van der Waals surface area contributed by atoms with Crippen LogP contribution in [0.1, 0.15) is 26.7 Å². The SMILES string of the molecule is CC(C)(CCNCCC(=O)O)OCCS(=O)(=O)CCSCCS. The Hall–Kier alpha value is 0.0400. The number of thiol groups is 1. The second-order valence-electron chi connectivity index (χ2n) is 5.74. The Morgan fingerprint density at radius 3 is 2.57 bits per heavy atom. The number of sulfone groups is 1. The third kappa shape index (κ3) is 15.3. The van der Waals surface area contributed by atoms with E-state index in [2.05, 4.69) is 17.9 Å². The third-order valence-corrected chi connectivity index (χ3v) is 6.47. The van der Waals surface area contributed by atoms with Gasteiger partial charge >= 0.3 is 5.97 Å². The van der Waals surface area contributed by atoms with E-state index < -0.39 is 21.4 Å². The Morgan fingerprint density at radius 1 is 1.26 bits per heavy atom. The predicted octanol–water partition coefficient (Wildman–Crippen LogP) is 1.31. The molecule has 0 amide bonds. The van der Waals surface area contributed by atoms with E-state index in [0.717, 1.165) is 11.5 Å². The first kappa shape index (κ1) is 23.0. The number of thioether (sulfide) groups is 1.